The molecule has 3 aromatic rings. The van der Waals surface area contributed by atoms with Crippen LogP contribution in [0.2, 0.25) is 0 Å². The van der Waals surface area contributed by atoms with Crippen LogP contribution in [0.15, 0.2) is 81.0 Å². The van der Waals surface area contributed by atoms with Gasteiger partial charge in [0.25, 0.3) is 20.3 Å². The normalized spacial score (nSPS) is 21.3. The first-order valence-electron chi connectivity index (χ1n) is 31.9. The van der Waals surface area contributed by atoms with E-state index >= 15 is 0 Å². The molecule has 0 fully saturated rings. The lowest BCUT2D eigenvalue weighted by atomic mass is 10.5. The van der Waals surface area contributed by atoms with Gasteiger partial charge in [-0.1, -0.05) is 14.9 Å². The predicted molar refractivity (Wildman–Crippen MR) is 421 cm³/mol. The zero-order valence-corrected chi connectivity index (χ0v) is 84.4. The fourth-order valence-corrected chi connectivity index (χ4v) is 29.5. The standard InChI is InChI=1S/2C7H18N2O14P4.3C7H16N2O14P4.2CH4.2CH3/c5*10-6(24(12,13)14,25(15,16)17)3-8-1-2-9(5-8)4-7(11,26(18,19)20)27(21,22)23;;;;/h2*1-2,10-11H,3-5H2,(H2,12,13,14)(H2,15,16,17)(H2,18,19,20)(H2,21,22,23);3*1-2,5,10-11H,3-4H2,(H7-,12,13,14,15,16,17,18,19,20,21,22,23);2*1H4;2*1H3/q;;;;;;;-1;+1/p-8. The molecule has 0 aliphatic carbocycles. The van der Waals surface area contributed by atoms with Crippen molar-refractivity contribution in [3.8, 4) is 0 Å². The zero-order valence-electron chi connectivity index (χ0n) is 66.5. The fourth-order valence-electron chi connectivity index (χ4n) is 9.33. The number of imidazole rings is 3. The van der Waals surface area contributed by atoms with Gasteiger partial charge < -0.3 is 319 Å². The van der Waals surface area contributed by atoms with Crippen LogP contribution in [0.5, 0.6) is 0 Å². The van der Waals surface area contributed by atoms with Crippen LogP contribution in [0, 0.1) is 14.9 Å². The highest BCUT2D eigenvalue weighted by molar-refractivity contribution is 7.75. The first-order valence-corrected chi connectivity index (χ1v) is 63.8. The van der Waals surface area contributed by atoms with Gasteiger partial charge in [-0.3, -0.25) is 45.7 Å². The number of nitrogens with zero attached hydrogens (tertiary/aromatic N) is 10. The van der Waals surface area contributed by atoms with E-state index in [0.29, 0.717) is 78.4 Å². The molecular formula is C39H90N10O70P20-8. The van der Waals surface area contributed by atoms with Crippen LogP contribution in [0.1, 0.15) is 14.9 Å². The van der Waals surface area contributed by atoms with Gasteiger partial charge in [-0.15, -0.1) is 0 Å². The monoisotopic (exact) mass is 2440 g/mol. The lowest BCUT2D eigenvalue weighted by Gasteiger charge is -2.48. The third-order valence-corrected chi connectivity index (χ3v) is 53.7. The molecule has 5 heterocycles. The van der Waals surface area contributed by atoms with E-state index in [1.807, 2.05) is 0 Å². The number of aromatic nitrogens is 6. The van der Waals surface area contributed by atoms with Crippen LogP contribution in [0.3, 0.4) is 0 Å². The molecule has 14 unspecified atom stereocenters. The third-order valence-electron chi connectivity index (χ3n) is 17.1. The minimum Gasteiger partial charge on any atom is -0.808 e. The second kappa shape index (κ2) is 46.1. The van der Waals surface area contributed by atoms with Crippen molar-refractivity contribution in [3.63, 3.8) is 0 Å². The zero-order chi connectivity index (χ0) is 108. The molecule has 5 rings (SSSR count). The number of hydrogen-bond donors (Lipinski definition) is 39. The molecule has 0 bridgehead atoms. The molecule has 0 radical (unpaired) electrons. The summed E-state index contributed by atoms with van der Waals surface area (Å²) < 4.78 is 227. The van der Waals surface area contributed by atoms with Gasteiger partial charge in [-0.25, -0.2) is 27.4 Å². The Balaban J connectivity index is -0.000000814. The molecule has 824 valence electrons. The first kappa shape index (κ1) is 144. The second-order valence-electron chi connectivity index (χ2n) is 27.5. The quantitative estimate of drug-likeness (QED) is 0.0143. The molecule has 2 aliphatic rings. The average Bonchev–Trinajstić information content (AvgIpc) is 1.65. The molecule has 39 N–H and O–H groups in total. The van der Waals surface area contributed by atoms with Crippen molar-refractivity contribution in [2.45, 2.75) is 105 Å². The Morgan fingerprint density at radius 2 is 0.374 bits per heavy atom. The van der Waals surface area contributed by atoms with Crippen molar-refractivity contribution in [2.75, 3.05) is 39.5 Å². The van der Waals surface area contributed by atoms with Gasteiger partial charge in [-0.2, -0.15) is 0 Å². The Morgan fingerprint density at radius 3 is 0.547 bits per heavy atom. The van der Waals surface area contributed by atoms with Gasteiger partial charge in [0.05, 0.1) is 39.5 Å². The van der Waals surface area contributed by atoms with Gasteiger partial charge >= 0.3 is 81.0 Å². The topological polar surface area (TPSA) is 1420 Å². The maximum Gasteiger partial charge on any atom is 0.373 e. The van der Waals surface area contributed by atoms with E-state index in [1.54, 1.807) is 0 Å². The maximum absolute atomic E-state index is 11.3. The fraction of sp³-hybridized carbons (Fsp3) is 0.615. The summed E-state index contributed by atoms with van der Waals surface area (Å²) in [5.41, 5.74) is 0. The second-order valence-corrected chi connectivity index (χ2v) is 67.1. The molecule has 0 aromatic carbocycles. The lowest BCUT2D eigenvalue weighted by molar-refractivity contribution is -0.703. The van der Waals surface area contributed by atoms with Crippen LogP contribution < -0.4 is 67.5 Å². The van der Waals surface area contributed by atoms with Crippen molar-refractivity contribution < 1.29 is 352 Å². The van der Waals surface area contributed by atoms with Crippen molar-refractivity contribution in [1.82, 2.24) is 33.3 Å². The van der Waals surface area contributed by atoms with E-state index in [9.17, 15) is 196 Å². The Kier molecular flexibility index (Phi) is 47.8. The SMILES string of the molecule is C.C.O=P(O)(O)C(O)(CN1C=CN(CC(O)(P(=O)(O)O)P(=O)(O)O)C1)P(=O)(O)O.O=P([O-])(O)C(O)(CN1C=CN(CC(O)(P(=O)([O-])O)P(=O)(O)O)C1)P(=O)(O)O.O=P([O-])(O)C(O)(Cn1cc[n+](CC(O)(P(=O)(O)O)P(=O)(O)O)c1)P(=O)(O)O.O=P([O-])(O)C(O)(Cn1cc[n+](CC(O)(P(=O)([O-])O)P(=O)(O)O)c1)P(=O)([O-])O.O=P([O-])([O-])C(O)(Cn1cc[n+](CC(O)(P(=O)([O-])O)P(=O)([O-])O)c1)P(=O)([O-])O.[CH3+].[CH3-]. The number of aliphatic hydroxyl groups is 10. The van der Waals surface area contributed by atoms with Crippen LogP contribution in [-0.4, -0.2) is 317 Å². The molecule has 139 heavy (non-hydrogen) atoms. The van der Waals surface area contributed by atoms with E-state index in [-0.39, 0.29) is 29.7 Å². The average molecular weight is 2440 g/mol. The summed E-state index contributed by atoms with van der Waals surface area (Å²) in [6, 6.07) is 0. The molecule has 0 amide bonds. The molecule has 0 saturated heterocycles. The molecular weight excluding hydrogens is 2350 g/mol. The van der Waals surface area contributed by atoms with E-state index < -0.39 is 282 Å². The van der Waals surface area contributed by atoms with E-state index in [2.05, 4.69) is 0 Å². The molecule has 0 spiro atoms. The van der Waals surface area contributed by atoms with Crippen LogP contribution in [0.25, 0.3) is 0 Å². The summed E-state index contributed by atoms with van der Waals surface area (Å²) >= 11 is 0. The third kappa shape index (κ3) is 33.1. The van der Waals surface area contributed by atoms with Gasteiger partial charge in [0.1, 0.15) is 76.4 Å². The van der Waals surface area contributed by atoms with Crippen molar-refractivity contribution in [1.29, 1.82) is 0 Å². The van der Waals surface area contributed by atoms with E-state index in [0.717, 1.165) is 49.6 Å². The molecule has 14 atom stereocenters. The Hall–Kier alpha value is -1.22. The predicted octanol–water partition coefficient (Wildman–Crippen LogP) is -20.4. The number of rotatable bonds is 40. The Bertz CT molecular complexity index is 4830. The van der Waals surface area contributed by atoms with Crippen molar-refractivity contribution >= 4 is 152 Å². The Labute approximate surface area is 774 Å². The van der Waals surface area contributed by atoms with Crippen LogP contribution in [-0.2, 0) is 131 Å². The highest BCUT2D eigenvalue weighted by Gasteiger charge is 2.66. The highest BCUT2D eigenvalue weighted by atomic mass is 31.3. The minimum atomic E-state index is -6.38. The number of hydrogen-bond acceptors (Lipinski definition) is 45. The summed E-state index contributed by atoms with van der Waals surface area (Å²) in [6.07, 6.45) is 9.35. The van der Waals surface area contributed by atoms with E-state index in [4.69, 9.17) is 142 Å². The van der Waals surface area contributed by atoms with Gasteiger partial charge in [0.15, 0.2) is 73.4 Å². The van der Waals surface area contributed by atoms with Crippen LogP contribution >= 0.6 is 152 Å². The first-order chi connectivity index (χ1) is 58.3. The summed E-state index contributed by atoms with van der Waals surface area (Å²) in [6.45, 7) is -16.1. The minimum absolute atomic E-state index is 0. The lowest BCUT2D eigenvalue weighted by Crippen LogP contribution is -2.50. The molecule has 0 saturated carbocycles. The molecule has 2 aliphatic heterocycles. The summed E-state index contributed by atoms with van der Waals surface area (Å²) in [7, 11) is -119. The molecule has 100 heteroatoms. The summed E-state index contributed by atoms with van der Waals surface area (Å²) in [5, 5.41) is 57.4. The highest BCUT2D eigenvalue weighted by Crippen LogP contribution is 2.74. The summed E-state index contributed by atoms with van der Waals surface area (Å²) in [5.74, 6) is 0. The largest absolute Gasteiger partial charge is 0.808 e. The smallest absolute Gasteiger partial charge is 0.373 e. The van der Waals surface area contributed by atoms with Crippen molar-refractivity contribution in [2.24, 2.45) is 0 Å². The van der Waals surface area contributed by atoms with E-state index in [1.165, 1.54) is 0 Å². The van der Waals surface area contributed by atoms with Crippen molar-refractivity contribution in [3.05, 3.63) is 95.8 Å². The maximum atomic E-state index is 11.3. The molecule has 80 nitrogen and oxygen atoms in total. The number of β-amino-alcohol motifs (C(OH)–C–C–N with tert-alkyl or cyclic N) is 4. The van der Waals surface area contributed by atoms with Gasteiger partial charge in [0, 0.05) is 32.2 Å². The van der Waals surface area contributed by atoms with Crippen LogP contribution in [0.4, 0.5) is 0 Å². The van der Waals surface area contributed by atoms with Gasteiger partial charge in [0.2, 0.25) is 39.3 Å². The summed E-state index contributed by atoms with van der Waals surface area (Å²) in [4.78, 5) is 386. The Morgan fingerprint density at radius 1 is 0.223 bits per heavy atom. The van der Waals surface area contributed by atoms with Gasteiger partial charge in [-0.05, 0) is 7.60 Å². The molecule has 3 aromatic heterocycles.